The molecular formula is C31H28N8O2. The van der Waals surface area contributed by atoms with Gasteiger partial charge in [0.1, 0.15) is 11.3 Å². The zero-order chi connectivity index (χ0) is 27.8. The first-order valence-corrected chi connectivity index (χ1v) is 13.8. The Bertz CT molecular complexity index is 1890. The summed E-state index contributed by atoms with van der Waals surface area (Å²) in [6, 6.07) is 13.6. The average Bonchev–Trinajstić information content (AvgIpc) is 3.65. The molecule has 1 aliphatic rings. The number of nitrogens with one attached hydrogen (secondary N) is 3. The Labute approximate surface area is 235 Å². The Kier molecular flexibility index (Phi) is 6.35. The lowest BCUT2D eigenvalue weighted by atomic mass is 9.88. The number of carbonyl (C=O) groups excluding carboxylic acids is 1. The van der Waals surface area contributed by atoms with E-state index in [1.54, 1.807) is 31.9 Å². The van der Waals surface area contributed by atoms with Crippen molar-refractivity contribution in [1.29, 1.82) is 0 Å². The molecule has 204 valence electrons. The molecule has 7 rings (SSSR count). The number of fused-ring (bicyclic) bond motifs is 2. The molecule has 1 amide bonds. The third kappa shape index (κ3) is 4.77. The molecule has 1 aromatic carbocycles. The van der Waals surface area contributed by atoms with Crippen LogP contribution in [-0.4, -0.2) is 48.1 Å². The van der Waals surface area contributed by atoms with Gasteiger partial charge in [-0.25, -0.2) is 9.97 Å². The van der Waals surface area contributed by atoms with E-state index in [4.69, 9.17) is 14.7 Å². The molecule has 10 nitrogen and oxygen atoms in total. The molecule has 5 aromatic heterocycles. The van der Waals surface area contributed by atoms with Gasteiger partial charge in [-0.05, 0) is 48.7 Å². The second-order valence-corrected chi connectivity index (χ2v) is 10.4. The van der Waals surface area contributed by atoms with Crippen molar-refractivity contribution >= 4 is 33.7 Å². The molecule has 0 radical (unpaired) electrons. The van der Waals surface area contributed by atoms with Crippen LogP contribution in [0.5, 0.6) is 5.75 Å². The van der Waals surface area contributed by atoms with Gasteiger partial charge in [0.15, 0.2) is 11.5 Å². The summed E-state index contributed by atoms with van der Waals surface area (Å²) in [6.07, 6.45) is 12.3. The van der Waals surface area contributed by atoms with Crippen LogP contribution in [0.1, 0.15) is 32.1 Å². The van der Waals surface area contributed by atoms with E-state index in [0.717, 1.165) is 70.4 Å². The van der Waals surface area contributed by atoms with E-state index in [1.807, 2.05) is 42.5 Å². The van der Waals surface area contributed by atoms with E-state index in [2.05, 4.69) is 30.5 Å². The predicted octanol–water partition coefficient (Wildman–Crippen LogP) is 6.15. The summed E-state index contributed by atoms with van der Waals surface area (Å²) >= 11 is 0. The van der Waals surface area contributed by atoms with Gasteiger partial charge in [0.05, 0.1) is 47.4 Å². The van der Waals surface area contributed by atoms with E-state index in [9.17, 15) is 4.79 Å². The highest BCUT2D eigenvalue weighted by atomic mass is 16.5. The van der Waals surface area contributed by atoms with Gasteiger partial charge in [-0.3, -0.25) is 19.9 Å². The minimum atomic E-state index is 0.0665. The largest absolute Gasteiger partial charge is 0.497 e. The average molecular weight is 545 g/mol. The minimum absolute atomic E-state index is 0.0665. The van der Waals surface area contributed by atoms with Crippen molar-refractivity contribution in [3.63, 3.8) is 0 Å². The highest BCUT2D eigenvalue weighted by molar-refractivity contribution is 5.96. The first kappa shape index (κ1) is 24.9. The molecule has 41 heavy (non-hydrogen) atoms. The summed E-state index contributed by atoms with van der Waals surface area (Å²) in [7, 11) is 1.65. The van der Waals surface area contributed by atoms with Crippen molar-refractivity contribution in [1.82, 2.24) is 35.1 Å². The molecule has 1 aliphatic carbocycles. The number of pyridine rings is 3. The third-order valence-electron chi connectivity index (χ3n) is 7.68. The number of aromatic amines is 2. The lowest BCUT2D eigenvalue weighted by Gasteiger charge is -2.20. The molecule has 6 aromatic rings. The lowest BCUT2D eigenvalue weighted by Crippen LogP contribution is -2.24. The van der Waals surface area contributed by atoms with Crippen molar-refractivity contribution in [3.8, 4) is 39.7 Å². The number of hydrogen-bond acceptors (Lipinski definition) is 7. The van der Waals surface area contributed by atoms with Crippen LogP contribution in [0.2, 0.25) is 0 Å². The van der Waals surface area contributed by atoms with Crippen molar-refractivity contribution in [3.05, 3.63) is 67.3 Å². The fourth-order valence-electron chi connectivity index (χ4n) is 5.53. The molecule has 1 fully saturated rings. The smallest absolute Gasteiger partial charge is 0.227 e. The van der Waals surface area contributed by atoms with Crippen LogP contribution in [0, 0.1) is 5.92 Å². The Morgan fingerprint density at radius 3 is 2.66 bits per heavy atom. The molecule has 3 N–H and O–H groups in total. The topological polar surface area (TPSA) is 134 Å². The number of nitrogens with zero attached hydrogens (tertiary/aromatic N) is 5. The minimum Gasteiger partial charge on any atom is -0.497 e. The number of benzene rings is 1. The van der Waals surface area contributed by atoms with Gasteiger partial charge in [-0.2, -0.15) is 5.10 Å². The molecular weight excluding hydrogens is 516 g/mol. The highest BCUT2D eigenvalue weighted by Crippen LogP contribution is 2.33. The number of ether oxygens (including phenoxy) is 1. The SMILES string of the molecule is COc1cccc(-c2cncc3[nH]c(-c4n[nH]c5ccc(-c6cncc(NC(=O)C7CCCCC7)c6)nc45)nc23)c1. The highest BCUT2D eigenvalue weighted by Gasteiger charge is 2.22. The van der Waals surface area contributed by atoms with Crippen molar-refractivity contribution in [2.75, 3.05) is 12.4 Å². The van der Waals surface area contributed by atoms with Crippen LogP contribution in [-0.2, 0) is 4.79 Å². The first-order chi connectivity index (χ1) is 20.2. The van der Waals surface area contributed by atoms with Gasteiger partial charge in [0.25, 0.3) is 0 Å². The monoisotopic (exact) mass is 544 g/mol. The van der Waals surface area contributed by atoms with Crippen molar-refractivity contribution < 1.29 is 9.53 Å². The summed E-state index contributed by atoms with van der Waals surface area (Å²) in [5.41, 5.74) is 7.65. The van der Waals surface area contributed by atoms with E-state index in [-0.39, 0.29) is 11.8 Å². The maximum absolute atomic E-state index is 12.8. The zero-order valence-corrected chi connectivity index (χ0v) is 22.5. The number of anilines is 1. The number of aromatic nitrogens is 7. The van der Waals surface area contributed by atoms with Crippen LogP contribution >= 0.6 is 0 Å². The van der Waals surface area contributed by atoms with Crippen molar-refractivity contribution in [2.24, 2.45) is 5.92 Å². The van der Waals surface area contributed by atoms with E-state index >= 15 is 0 Å². The number of carbonyl (C=O) groups is 1. The Hall–Kier alpha value is -5.12. The molecule has 0 aliphatic heterocycles. The van der Waals surface area contributed by atoms with Gasteiger partial charge in [0.2, 0.25) is 5.91 Å². The fraction of sp³-hybridized carbons (Fsp3) is 0.226. The number of hydrogen-bond donors (Lipinski definition) is 3. The molecule has 5 heterocycles. The second kappa shape index (κ2) is 10.5. The van der Waals surface area contributed by atoms with Gasteiger partial charge in [-0.1, -0.05) is 31.4 Å². The fourth-order valence-corrected chi connectivity index (χ4v) is 5.53. The molecule has 0 unspecified atom stereocenters. The maximum atomic E-state index is 12.8. The Morgan fingerprint density at radius 2 is 1.78 bits per heavy atom. The van der Waals surface area contributed by atoms with Crippen molar-refractivity contribution in [2.45, 2.75) is 32.1 Å². The quantitative estimate of drug-likeness (QED) is 0.229. The van der Waals surface area contributed by atoms with Crippen LogP contribution in [0.15, 0.2) is 67.3 Å². The number of imidazole rings is 1. The second-order valence-electron chi connectivity index (χ2n) is 10.4. The molecule has 0 atom stereocenters. The Morgan fingerprint density at radius 1 is 0.902 bits per heavy atom. The van der Waals surface area contributed by atoms with Crippen LogP contribution < -0.4 is 10.1 Å². The molecule has 0 saturated heterocycles. The number of rotatable bonds is 6. The first-order valence-electron chi connectivity index (χ1n) is 13.8. The Balaban J connectivity index is 1.22. The number of methoxy groups -OCH3 is 1. The van der Waals surface area contributed by atoms with Crippen LogP contribution in [0.4, 0.5) is 5.69 Å². The summed E-state index contributed by atoms with van der Waals surface area (Å²) < 4.78 is 5.41. The lowest BCUT2D eigenvalue weighted by molar-refractivity contribution is -0.120. The third-order valence-corrected chi connectivity index (χ3v) is 7.68. The normalized spacial score (nSPS) is 14.0. The standard InChI is InChI=1S/C31H28N8O2/c1-41-22-9-5-8-19(13-22)23-16-33-17-26-27(23)37-30(36-26)29-28-25(38-39-29)11-10-24(35-28)20-12-21(15-32-14-20)34-31(40)18-6-3-2-4-7-18/h5,8-18H,2-4,6-7H2,1H3,(H,34,40)(H,36,37)(H,38,39). The van der Waals surface area contributed by atoms with Crippen LogP contribution in [0.3, 0.4) is 0 Å². The summed E-state index contributed by atoms with van der Waals surface area (Å²) in [4.78, 5) is 34.8. The van der Waals surface area contributed by atoms with Gasteiger partial charge >= 0.3 is 0 Å². The zero-order valence-electron chi connectivity index (χ0n) is 22.5. The van der Waals surface area contributed by atoms with E-state index < -0.39 is 0 Å². The maximum Gasteiger partial charge on any atom is 0.227 e. The van der Waals surface area contributed by atoms with Gasteiger partial charge in [-0.15, -0.1) is 0 Å². The van der Waals surface area contributed by atoms with Crippen LogP contribution in [0.25, 0.3) is 56.0 Å². The molecule has 0 spiro atoms. The predicted molar refractivity (Wildman–Crippen MR) is 157 cm³/mol. The van der Waals surface area contributed by atoms with Gasteiger partial charge in [0, 0.05) is 29.4 Å². The summed E-state index contributed by atoms with van der Waals surface area (Å²) in [5.74, 6) is 1.48. The van der Waals surface area contributed by atoms with Gasteiger partial charge < -0.3 is 15.0 Å². The number of H-pyrrole nitrogens is 2. The molecule has 1 saturated carbocycles. The summed E-state index contributed by atoms with van der Waals surface area (Å²) in [6.45, 7) is 0. The number of amides is 1. The van der Waals surface area contributed by atoms with E-state index in [1.165, 1.54) is 6.42 Å². The molecule has 0 bridgehead atoms. The van der Waals surface area contributed by atoms with E-state index in [0.29, 0.717) is 22.7 Å². The summed E-state index contributed by atoms with van der Waals surface area (Å²) in [5, 5.41) is 10.7. The molecule has 10 heteroatoms.